The van der Waals surface area contributed by atoms with Crippen molar-refractivity contribution in [2.45, 2.75) is 17.1 Å². The molecule has 5 heteroatoms. The Morgan fingerprint density at radius 3 is 2.85 bits per heavy atom. The summed E-state index contributed by atoms with van der Waals surface area (Å²) < 4.78 is 5.70. The van der Waals surface area contributed by atoms with Crippen LogP contribution in [-0.2, 0) is 12.2 Å². The zero-order valence-corrected chi connectivity index (χ0v) is 13.0. The van der Waals surface area contributed by atoms with Crippen molar-refractivity contribution in [3.05, 3.63) is 51.5 Å². The Bertz CT molecular complexity index is 661. The van der Waals surface area contributed by atoms with Crippen LogP contribution in [-0.4, -0.2) is 6.61 Å². The lowest BCUT2D eigenvalue weighted by molar-refractivity contribution is 0.354. The summed E-state index contributed by atoms with van der Waals surface area (Å²) in [5.41, 5.74) is 8.64. The lowest BCUT2D eigenvalue weighted by Gasteiger charge is -2.09. The minimum absolute atomic E-state index is 0.586. The lowest BCUT2D eigenvalue weighted by Crippen LogP contribution is -1.91. The van der Waals surface area contributed by atoms with Gasteiger partial charge in [0.1, 0.15) is 5.75 Å². The number of rotatable bonds is 3. The largest absolute Gasteiger partial charge is 0.493 e. The Kier molecular flexibility index (Phi) is 4.01. The molecule has 104 valence electrons. The molecule has 2 aromatic carbocycles. The fourth-order valence-corrected chi connectivity index (χ4v) is 3.62. The average molecular weight is 326 g/mol. The number of benzene rings is 2. The molecule has 20 heavy (non-hydrogen) atoms. The van der Waals surface area contributed by atoms with Gasteiger partial charge in [0, 0.05) is 27.7 Å². The standard InChI is InChI=1S/C15H13Cl2NOS/c16-11-5-9-3-4-19-15(9)10(6-11)8-20-12-1-2-14(18)13(17)7-12/h1-2,5-7H,3-4,8,18H2. The molecule has 0 aromatic heterocycles. The van der Waals surface area contributed by atoms with Crippen LogP contribution in [0.4, 0.5) is 5.69 Å². The number of ether oxygens (including phenoxy) is 1. The van der Waals surface area contributed by atoms with Gasteiger partial charge in [-0.15, -0.1) is 11.8 Å². The van der Waals surface area contributed by atoms with Crippen molar-refractivity contribution in [1.82, 2.24) is 0 Å². The van der Waals surface area contributed by atoms with Gasteiger partial charge in [0.25, 0.3) is 0 Å². The Balaban J connectivity index is 1.80. The molecule has 1 heterocycles. The van der Waals surface area contributed by atoms with Crippen molar-refractivity contribution in [2.24, 2.45) is 0 Å². The van der Waals surface area contributed by atoms with Crippen LogP contribution in [0.5, 0.6) is 5.75 Å². The molecule has 2 N–H and O–H groups in total. The molecule has 0 spiro atoms. The Morgan fingerprint density at radius 1 is 1.20 bits per heavy atom. The Labute approximate surface area is 132 Å². The number of nitrogen functional groups attached to an aromatic ring is 1. The van der Waals surface area contributed by atoms with Crippen LogP contribution in [0, 0.1) is 0 Å². The zero-order chi connectivity index (χ0) is 14.1. The molecule has 3 rings (SSSR count). The third-order valence-electron chi connectivity index (χ3n) is 3.19. The van der Waals surface area contributed by atoms with Gasteiger partial charge in [-0.1, -0.05) is 23.2 Å². The second kappa shape index (κ2) is 5.76. The highest BCUT2D eigenvalue weighted by atomic mass is 35.5. The molecule has 0 aliphatic carbocycles. The summed E-state index contributed by atoms with van der Waals surface area (Å²) in [4.78, 5) is 1.08. The summed E-state index contributed by atoms with van der Waals surface area (Å²) >= 11 is 13.9. The quantitative estimate of drug-likeness (QED) is 0.650. The minimum atomic E-state index is 0.586. The molecule has 0 radical (unpaired) electrons. The molecule has 0 amide bonds. The molecule has 0 bridgehead atoms. The Morgan fingerprint density at radius 2 is 2.05 bits per heavy atom. The number of halogens is 2. The third-order valence-corrected chi connectivity index (χ3v) is 4.78. The first-order chi connectivity index (χ1) is 9.63. The van der Waals surface area contributed by atoms with Gasteiger partial charge >= 0.3 is 0 Å². The van der Waals surface area contributed by atoms with E-state index in [2.05, 4.69) is 0 Å². The number of fused-ring (bicyclic) bond motifs is 1. The van der Waals surface area contributed by atoms with E-state index in [0.29, 0.717) is 10.7 Å². The molecule has 0 saturated heterocycles. The first-order valence-electron chi connectivity index (χ1n) is 6.25. The van der Waals surface area contributed by atoms with Gasteiger partial charge in [0.15, 0.2) is 0 Å². The van der Waals surface area contributed by atoms with Crippen LogP contribution in [0.3, 0.4) is 0 Å². The fourth-order valence-electron chi connectivity index (χ4n) is 2.21. The molecular formula is C15H13Cl2NOS. The number of nitrogens with two attached hydrogens (primary N) is 1. The molecule has 0 fully saturated rings. The summed E-state index contributed by atoms with van der Waals surface area (Å²) in [6, 6.07) is 9.63. The monoisotopic (exact) mass is 325 g/mol. The van der Waals surface area contributed by atoms with E-state index in [9.17, 15) is 0 Å². The second-order valence-electron chi connectivity index (χ2n) is 4.62. The van der Waals surface area contributed by atoms with E-state index in [1.165, 1.54) is 5.56 Å². The van der Waals surface area contributed by atoms with E-state index in [4.69, 9.17) is 33.7 Å². The van der Waals surface area contributed by atoms with Crippen molar-refractivity contribution in [1.29, 1.82) is 0 Å². The number of hydrogen-bond donors (Lipinski definition) is 1. The van der Waals surface area contributed by atoms with Crippen molar-refractivity contribution in [3.63, 3.8) is 0 Å². The maximum Gasteiger partial charge on any atom is 0.126 e. The molecule has 2 aromatic rings. The van der Waals surface area contributed by atoms with Crippen molar-refractivity contribution in [3.8, 4) is 5.75 Å². The van der Waals surface area contributed by atoms with Gasteiger partial charge in [-0.3, -0.25) is 0 Å². The number of thioether (sulfide) groups is 1. The molecule has 1 aliphatic heterocycles. The van der Waals surface area contributed by atoms with Crippen LogP contribution in [0.25, 0.3) is 0 Å². The van der Waals surface area contributed by atoms with Crippen LogP contribution < -0.4 is 10.5 Å². The molecule has 0 unspecified atom stereocenters. The highest BCUT2D eigenvalue weighted by Crippen LogP contribution is 2.37. The van der Waals surface area contributed by atoms with Crippen LogP contribution in [0.2, 0.25) is 10.0 Å². The van der Waals surface area contributed by atoms with E-state index in [-0.39, 0.29) is 0 Å². The summed E-state index contributed by atoms with van der Waals surface area (Å²) in [5.74, 6) is 1.78. The summed E-state index contributed by atoms with van der Waals surface area (Å²) in [6.45, 7) is 0.737. The molecule has 0 atom stereocenters. The molecule has 2 nitrogen and oxygen atoms in total. The Hall–Kier alpha value is -1.03. The van der Waals surface area contributed by atoms with Crippen LogP contribution in [0.1, 0.15) is 11.1 Å². The van der Waals surface area contributed by atoms with Gasteiger partial charge in [-0.25, -0.2) is 0 Å². The van der Waals surface area contributed by atoms with Gasteiger partial charge in [-0.2, -0.15) is 0 Å². The molecular weight excluding hydrogens is 313 g/mol. The van der Waals surface area contributed by atoms with E-state index in [1.54, 1.807) is 11.8 Å². The number of hydrogen-bond acceptors (Lipinski definition) is 3. The average Bonchev–Trinajstić information content (AvgIpc) is 2.88. The van der Waals surface area contributed by atoms with Crippen molar-refractivity contribution >= 4 is 40.7 Å². The smallest absolute Gasteiger partial charge is 0.126 e. The van der Waals surface area contributed by atoms with E-state index in [0.717, 1.165) is 40.0 Å². The SMILES string of the molecule is Nc1ccc(SCc2cc(Cl)cc3c2OCC3)cc1Cl. The van der Waals surface area contributed by atoms with E-state index >= 15 is 0 Å². The van der Waals surface area contributed by atoms with Crippen LogP contribution >= 0.6 is 35.0 Å². The highest BCUT2D eigenvalue weighted by molar-refractivity contribution is 7.98. The van der Waals surface area contributed by atoms with Crippen molar-refractivity contribution < 1.29 is 4.74 Å². The van der Waals surface area contributed by atoms with E-state index < -0.39 is 0 Å². The van der Waals surface area contributed by atoms with E-state index in [1.807, 2.05) is 30.3 Å². The lowest BCUT2D eigenvalue weighted by atomic mass is 10.1. The molecule has 0 saturated carbocycles. The summed E-state index contributed by atoms with van der Waals surface area (Å²) in [7, 11) is 0. The maximum absolute atomic E-state index is 6.15. The zero-order valence-electron chi connectivity index (χ0n) is 10.7. The normalized spacial score (nSPS) is 13.1. The predicted molar refractivity (Wildman–Crippen MR) is 86.1 cm³/mol. The second-order valence-corrected chi connectivity index (χ2v) is 6.52. The van der Waals surface area contributed by atoms with Gasteiger partial charge < -0.3 is 10.5 Å². The maximum atomic E-state index is 6.15. The first-order valence-corrected chi connectivity index (χ1v) is 7.99. The first kappa shape index (κ1) is 13.9. The molecule has 1 aliphatic rings. The predicted octanol–water partition coefficient (Wildman–Crippen LogP) is 4.80. The third kappa shape index (κ3) is 2.85. The van der Waals surface area contributed by atoms with Crippen molar-refractivity contribution in [2.75, 3.05) is 12.3 Å². The van der Waals surface area contributed by atoms with Gasteiger partial charge in [0.2, 0.25) is 0 Å². The minimum Gasteiger partial charge on any atom is -0.493 e. The summed E-state index contributed by atoms with van der Waals surface area (Å²) in [5, 5.41) is 1.35. The fraction of sp³-hybridized carbons (Fsp3) is 0.200. The summed E-state index contributed by atoms with van der Waals surface area (Å²) in [6.07, 6.45) is 0.932. The van der Waals surface area contributed by atoms with Gasteiger partial charge in [-0.05, 0) is 35.9 Å². The number of anilines is 1. The van der Waals surface area contributed by atoms with Crippen LogP contribution in [0.15, 0.2) is 35.2 Å². The highest BCUT2D eigenvalue weighted by Gasteiger charge is 2.17. The topological polar surface area (TPSA) is 35.2 Å². The van der Waals surface area contributed by atoms with Gasteiger partial charge in [0.05, 0.1) is 17.3 Å².